The van der Waals surface area contributed by atoms with E-state index < -0.39 is 6.09 Å². The number of nitrogens with zero attached hydrogens (tertiary/aromatic N) is 3. The number of benzene rings is 2. The Kier molecular flexibility index (Phi) is 4.59. The zero-order chi connectivity index (χ0) is 19.5. The summed E-state index contributed by atoms with van der Waals surface area (Å²) in [6.07, 6.45) is 0.637. The largest absolute Gasteiger partial charge is 0.465 e. The Labute approximate surface area is 159 Å². The summed E-state index contributed by atoms with van der Waals surface area (Å²) in [6.45, 7) is 0.527. The van der Waals surface area contributed by atoms with Crippen molar-refractivity contribution < 1.29 is 14.3 Å². The molecule has 4 rings (SSSR count). The molecule has 8 nitrogen and oxygen atoms in total. The number of amides is 1. The Balaban J connectivity index is 1.61. The maximum absolute atomic E-state index is 12.4. The van der Waals surface area contributed by atoms with E-state index >= 15 is 0 Å². The van der Waals surface area contributed by atoms with Gasteiger partial charge in [0.05, 0.1) is 24.7 Å². The van der Waals surface area contributed by atoms with Gasteiger partial charge in [0.2, 0.25) is 0 Å². The number of carbonyl (C=O) groups is 1. The van der Waals surface area contributed by atoms with Crippen molar-refractivity contribution in [1.82, 2.24) is 20.3 Å². The molecule has 0 atom stereocenters. The summed E-state index contributed by atoms with van der Waals surface area (Å²) in [5.41, 5.74) is 2.64. The molecule has 0 radical (unpaired) electrons. The molecule has 0 aliphatic carbocycles. The highest BCUT2D eigenvalue weighted by molar-refractivity contribution is 5.82. The molecule has 2 aromatic heterocycles. The molecule has 2 heterocycles. The van der Waals surface area contributed by atoms with E-state index in [0.29, 0.717) is 23.2 Å². The normalized spacial score (nSPS) is 10.9. The van der Waals surface area contributed by atoms with Gasteiger partial charge in [0.15, 0.2) is 5.43 Å². The van der Waals surface area contributed by atoms with Crippen LogP contribution < -0.4 is 10.7 Å². The molecule has 2 N–H and O–H groups in total. The van der Waals surface area contributed by atoms with Gasteiger partial charge in [0.1, 0.15) is 17.0 Å². The fourth-order valence-corrected chi connectivity index (χ4v) is 2.89. The minimum Gasteiger partial charge on any atom is -0.465 e. The van der Waals surface area contributed by atoms with Gasteiger partial charge in [-0.15, -0.1) is 5.10 Å². The molecule has 8 heteroatoms. The van der Waals surface area contributed by atoms with Gasteiger partial charge in [-0.05, 0) is 23.8 Å². The molecule has 0 spiro atoms. The highest BCUT2D eigenvalue weighted by Crippen LogP contribution is 2.22. The van der Waals surface area contributed by atoms with E-state index in [2.05, 4.69) is 15.6 Å². The average molecular weight is 376 g/mol. The molecular weight excluding hydrogens is 360 g/mol. The molecule has 0 aliphatic rings. The second-order valence-electron chi connectivity index (χ2n) is 6.23. The van der Waals surface area contributed by atoms with Crippen LogP contribution in [0, 0.1) is 0 Å². The van der Waals surface area contributed by atoms with E-state index in [-0.39, 0.29) is 17.7 Å². The van der Waals surface area contributed by atoms with Gasteiger partial charge in [0, 0.05) is 11.6 Å². The second kappa shape index (κ2) is 7.36. The van der Waals surface area contributed by atoms with Crippen LogP contribution in [0.4, 0.5) is 4.79 Å². The number of rotatable bonds is 5. The van der Waals surface area contributed by atoms with E-state index in [9.17, 15) is 9.59 Å². The van der Waals surface area contributed by atoms with Crippen LogP contribution in [0.5, 0.6) is 0 Å². The molecule has 1 amide bonds. The number of fused-ring (bicyclic) bond motifs is 1. The van der Waals surface area contributed by atoms with Crippen LogP contribution >= 0.6 is 0 Å². The molecule has 0 saturated carbocycles. The van der Waals surface area contributed by atoms with Gasteiger partial charge in [-0.3, -0.25) is 4.79 Å². The minimum absolute atomic E-state index is 0.0733. The first-order valence-electron chi connectivity index (χ1n) is 8.56. The number of hydrogen-bond donors (Lipinski definition) is 2. The van der Waals surface area contributed by atoms with Crippen LogP contribution in [-0.2, 0) is 13.1 Å². The predicted molar refractivity (Wildman–Crippen MR) is 102 cm³/mol. The lowest BCUT2D eigenvalue weighted by molar-refractivity contribution is 0.193. The maximum atomic E-state index is 12.4. The van der Waals surface area contributed by atoms with Gasteiger partial charge in [-0.25, -0.2) is 9.48 Å². The van der Waals surface area contributed by atoms with Gasteiger partial charge in [0.25, 0.3) is 0 Å². The third-order valence-electron chi connectivity index (χ3n) is 4.21. The van der Waals surface area contributed by atoms with Crippen molar-refractivity contribution in [2.24, 2.45) is 0 Å². The average Bonchev–Trinajstić information content (AvgIpc) is 3.15. The van der Waals surface area contributed by atoms with E-state index in [1.807, 2.05) is 36.5 Å². The van der Waals surface area contributed by atoms with E-state index in [0.717, 1.165) is 11.1 Å². The fraction of sp³-hybridized carbons (Fsp3) is 0.100. The molecule has 28 heavy (non-hydrogen) atoms. The third-order valence-corrected chi connectivity index (χ3v) is 4.21. The Bertz CT molecular complexity index is 1200. The lowest BCUT2D eigenvalue weighted by Crippen LogP contribution is -2.20. The van der Waals surface area contributed by atoms with Crippen LogP contribution in [0.2, 0.25) is 0 Å². The quantitative estimate of drug-likeness (QED) is 0.554. The second-order valence-corrected chi connectivity index (χ2v) is 6.23. The molecule has 2 aromatic carbocycles. The first-order chi connectivity index (χ1) is 13.6. The minimum atomic E-state index is -1.18. The number of aromatic nitrogens is 3. The highest BCUT2D eigenvalue weighted by Gasteiger charge is 2.10. The summed E-state index contributed by atoms with van der Waals surface area (Å²) in [5, 5.41) is 19.6. The Hall–Kier alpha value is -3.94. The molecule has 0 aliphatic heterocycles. The van der Waals surface area contributed by atoms with Crippen molar-refractivity contribution in [3.8, 4) is 11.3 Å². The predicted octanol–water partition coefficient (Wildman–Crippen LogP) is 2.87. The SMILES string of the molecule is O=C(O)NCc1cc(=O)c2cc(-c3cn(Cc4ccccc4)nn3)ccc2o1. The Morgan fingerprint density at radius 3 is 2.75 bits per heavy atom. The zero-order valence-electron chi connectivity index (χ0n) is 14.7. The van der Waals surface area contributed by atoms with Crippen molar-refractivity contribution in [3.05, 3.63) is 82.3 Å². The van der Waals surface area contributed by atoms with Gasteiger partial charge < -0.3 is 14.8 Å². The third kappa shape index (κ3) is 3.75. The van der Waals surface area contributed by atoms with Crippen molar-refractivity contribution in [1.29, 1.82) is 0 Å². The van der Waals surface area contributed by atoms with E-state index in [4.69, 9.17) is 9.52 Å². The monoisotopic (exact) mass is 376 g/mol. The summed E-state index contributed by atoms with van der Waals surface area (Å²) in [7, 11) is 0. The van der Waals surface area contributed by atoms with E-state index in [1.54, 1.807) is 22.9 Å². The topological polar surface area (TPSA) is 110 Å². The van der Waals surface area contributed by atoms with Gasteiger partial charge in [-0.2, -0.15) is 0 Å². The lowest BCUT2D eigenvalue weighted by atomic mass is 10.1. The molecule has 0 saturated heterocycles. The summed E-state index contributed by atoms with van der Waals surface area (Å²) in [5.74, 6) is 0.251. The summed E-state index contributed by atoms with van der Waals surface area (Å²) in [4.78, 5) is 23.0. The molecule has 4 aromatic rings. The molecule has 0 bridgehead atoms. The van der Waals surface area contributed by atoms with Gasteiger partial charge >= 0.3 is 6.09 Å². The van der Waals surface area contributed by atoms with Crippen LogP contribution in [0.1, 0.15) is 11.3 Å². The summed E-state index contributed by atoms with van der Waals surface area (Å²) in [6, 6.07) is 16.4. The van der Waals surface area contributed by atoms with Crippen molar-refractivity contribution >= 4 is 17.1 Å². The number of nitrogens with one attached hydrogen (secondary N) is 1. The van der Waals surface area contributed by atoms with Crippen LogP contribution in [0.3, 0.4) is 0 Å². The molecule has 0 fully saturated rings. The molecule has 140 valence electrons. The highest BCUT2D eigenvalue weighted by atomic mass is 16.4. The van der Waals surface area contributed by atoms with Crippen molar-refractivity contribution in [2.45, 2.75) is 13.1 Å². The van der Waals surface area contributed by atoms with Gasteiger partial charge in [-0.1, -0.05) is 35.5 Å². The maximum Gasteiger partial charge on any atom is 0.405 e. The number of carboxylic acid groups (broad SMARTS) is 1. The summed E-state index contributed by atoms with van der Waals surface area (Å²) >= 11 is 0. The van der Waals surface area contributed by atoms with Crippen LogP contribution in [0.25, 0.3) is 22.2 Å². The van der Waals surface area contributed by atoms with E-state index in [1.165, 1.54) is 6.07 Å². The molecule has 0 unspecified atom stereocenters. The zero-order valence-corrected chi connectivity index (χ0v) is 14.7. The van der Waals surface area contributed by atoms with Crippen LogP contribution in [0.15, 0.2) is 70.0 Å². The number of hydrogen-bond acceptors (Lipinski definition) is 5. The van der Waals surface area contributed by atoms with Crippen molar-refractivity contribution in [3.63, 3.8) is 0 Å². The smallest absolute Gasteiger partial charge is 0.405 e. The standard InChI is InChI=1S/C20H16N4O4/c25-18-9-15(10-21-20(26)27)28-19-7-6-14(8-16(18)19)17-12-24(23-22-17)11-13-4-2-1-3-5-13/h1-9,12,21H,10-11H2,(H,26,27). The summed E-state index contributed by atoms with van der Waals surface area (Å²) < 4.78 is 7.34. The first-order valence-corrected chi connectivity index (χ1v) is 8.56. The molecular formula is C20H16N4O4. The van der Waals surface area contributed by atoms with Crippen molar-refractivity contribution in [2.75, 3.05) is 0 Å². The van der Waals surface area contributed by atoms with Crippen LogP contribution in [-0.4, -0.2) is 26.2 Å². The fourth-order valence-electron chi connectivity index (χ4n) is 2.89. The lowest BCUT2D eigenvalue weighted by Gasteiger charge is -2.04. The Morgan fingerprint density at radius 2 is 1.96 bits per heavy atom. The Morgan fingerprint density at radius 1 is 1.14 bits per heavy atom. The first kappa shape index (κ1) is 17.5.